The lowest BCUT2D eigenvalue weighted by molar-refractivity contribution is -0.151. The van der Waals surface area contributed by atoms with E-state index >= 15 is 0 Å². The van der Waals surface area contributed by atoms with E-state index in [0.29, 0.717) is 19.6 Å². The van der Waals surface area contributed by atoms with Crippen molar-refractivity contribution in [1.29, 1.82) is 0 Å². The largest absolute Gasteiger partial charge is 0.508 e. The number of aromatic hydroxyl groups is 1. The van der Waals surface area contributed by atoms with Crippen LogP contribution in [-0.2, 0) is 20.9 Å². The number of carboxylic acid groups (broad SMARTS) is 1. The molecule has 1 aromatic carbocycles. The first-order valence-electron chi connectivity index (χ1n) is 6.43. The maximum atomic E-state index is 11.9. The number of morpholine rings is 1. The van der Waals surface area contributed by atoms with Crippen LogP contribution in [0.4, 0.5) is 0 Å². The summed E-state index contributed by atoms with van der Waals surface area (Å²) >= 11 is 0. The summed E-state index contributed by atoms with van der Waals surface area (Å²) in [5, 5.41) is 18.0. The number of aliphatic carboxylic acids is 1. The van der Waals surface area contributed by atoms with Crippen LogP contribution >= 0.6 is 0 Å². The van der Waals surface area contributed by atoms with Crippen LogP contribution in [0.3, 0.4) is 0 Å². The minimum Gasteiger partial charge on any atom is -0.508 e. The zero-order valence-corrected chi connectivity index (χ0v) is 11.0. The van der Waals surface area contributed by atoms with Gasteiger partial charge in [-0.15, -0.1) is 0 Å². The number of carbonyl (C=O) groups excluding carboxylic acids is 1. The predicted octanol–water partition coefficient (Wildman–Crippen LogP) is 0.984. The predicted molar refractivity (Wildman–Crippen MR) is 70.1 cm³/mol. The van der Waals surface area contributed by atoms with Crippen LogP contribution in [0.5, 0.6) is 5.75 Å². The molecule has 0 radical (unpaired) electrons. The van der Waals surface area contributed by atoms with Gasteiger partial charge >= 0.3 is 5.97 Å². The minimum atomic E-state index is -0.882. The van der Waals surface area contributed by atoms with Gasteiger partial charge in [-0.2, -0.15) is 0 Å². The van der Waals surface area contributed by atoms with Gasteiger partial charge in [-0.1, -0.05) is 12.1 Å². The van der Waals surface area contributed by atoms with Crippen LogP contribution in [0.1, 0.15) is 18.4 Å². The average molecular weight is 279 g/mol. The highest BCUT2D eigenvalue weighted by Gasteiger charge is 2.28. The molecule has 1 aliphatic heterocycles. The first kappa shape index (κ1) is 14.3. The van der Waals surface area contributed by atoms with E-state index in [1.54, 1.807) is 29.2 Å². The highest BCUT2D eigenvalue weighted by atomic mass is 16.5. The van der Waals surface area contributed by atoms with Crippen molar-refractivity contribution in [1.82, 2.24) is 4.90 Å². The van der Waals surface area contributed by atoms with Gasteiger partial charge in [0.2, 0.25) is 5.91 Å². The Morgan fingerprint density at radius 2 is 2.05 bits per heavy atom. The zero-order valence-electron chi connectivity index (χ0n) is 11.0. The Bertz CT molecular complexity index is 485. The number of rotatable bonds is 5. The van der Waals surface area contributed by atoms with E-state index in [-0.39, 0.29) is 30.7 Å². The summed E-state index contributed by atoms with van der Waals surface area (Å²) in [6.07, 6.45) is 0.381. The third kappa shape index (κ3) is 3.71. The first-order valence-corrected chi connectivity index (χ1v) is 6.43. The van der Waals surface area contributed by atoms with Crippen LogP contribution in [0.2, 0.25) is 0 Å². The van der Waals surface area contributed by atoms with E-state index in [1.165, 1.54) is 0 Å². The maximum absolute atomic E-state index is 11.9. The highest BCUT2D eigenvalue weighted by Crippen LogP contribution is 2.18. The van der Waals surface area contributed by atoms with E-state index in [1.807, 2.05) is 0 Å². The van der Waals surface area contributed by atoms with Gasteiger partial charge < -0.3 is 19.8 Å². The Balaban J connectivity index is 2.05. The fourth-order valence-electron chi connectivity index (χ4n) is 2.20. The molecule has 1 fully saturated rings. The molecule has 1 amide bonds. The molecular formula is C14H17NO5. The van der Waals surface area contributed by atoms with Crippen molar-refractivity contribution in [2.75, 3.05) is 13.2 Å². The second-order valence-corrected chi connectivity index (χ2v) is 4.79. The van der Waals surface area contributed by atoms with Gasteiger partial charge in [-0.3, -0.25) is 9.59 Å². The molecule has 0 saturated carbocycles. The highest BCUT2D eigenvalue weighted by molar-refractivity contribution is 5.78. The Hall–Kier alpha value is -2.08. The lowest BCUT2D eigenvalue weighted by Crippen LogP contribution is -2.48. The molecule has 2 rings (SSSR count). The second kappa shape index (κ2) is 6.38. The third-order valence-electron chi connectivity index (χ3n) is 3.28. The van der Waals surface area contributed by atoms with Crippen LogP contribution in [-0.4, -0.2) is 46.2 Å². The van der Waals surface area contributed by atoms with E-state index < -0.39 is 5.97 Å². The van der Waals surface area contributed by atoms with Crippen molar-refractivity contribution in [2.45, 2.75) is 25.4 Å². The molecule has 1 heterocycles. The van der Waals surface area contributed by atoms with Crippen molar-refractivity contribution < 1.29 is 24.5 Å². The molecule has 108 valence electrons. The van der Waals surface area contributed by atoms with E-state index in [4.69, 9.17) is 9.84 Å². The van der Waals surface area contributed by atoms with Crippen molar-refractivity contribution in [3.05, 3.63) is 29.8 Å². The Morgan fingerprint density at radius 1 is 1.35 bits per heavy atom. The fourth-order valence-corrected chi connectivity index (χ4v) is 2.20. The Kier molecular flexibility index (Phi) is 4.57. The monoisotopic (exact) mass is 279 g/mol. The Morgan fingerprint density at radius 3 is 2.70 bits per heavy atom. The van der Waals surface area contributed by atoms with Gasteiger partial charge in [0.25, 0.3) is 0 Å². The molecule has 1 atom stereocenters. The second-order valence-electron chi connectivity index (χ2n) is 4.79. The number of amides is 1. The third-order valence-corrected chi connectivity index (χ3v) is 3.28. The molecule has 1 aliphatic rings. The molecule has 2 N–H and O–H groups in total. The summed E-state index contributed by atoms with van der Waals surface area (Å²) in [5.41, 5.74) is 0.887. The molecule has 1 saturated heterocycles. The number of hydrogen-bond acceptors (Lipinski definition) is 4. The van der Waals surface area contributed by atoms with Gasteiger partial charge in [0.05, 0.1) is 12.6 Å². The fraction of sp³-hybridized carbons (Fsp3) is 0.429. The summed E-state index contributed by atoms with van der Waals surface area (Å²) in [4.78, 5) is 24.2. The molecule has 0 aromatic heterocycles. The van der Waals surface area contributed by atoms with Gasteiger partial charge in [0, 0.05) is 13.0 Å². The summed E-state index contributed by atoms with van der Waals surface area (Å²) in [6.45, 7) is 0.783. The number of nitrogens with zero attached hydrogens (tertiary/aromatic N) is 1. The molecule has 0 bridgehead atoms. The standard InChI is InChI=1S/C14H17NO5/c16-12-4-1-10(2-5-12)7-15-11(3-6-14(18)19)8-20-9-13(15)17/h1-2,4-5,11,16H,3,6-9H2,(H,18,19). The van der Waals surface area contributed by atoms with Crippen molar-refractivity contribution in [3.63, 3.8) is 0 Å². The molecule has 6 heteroatoms. The van der Waals surface area contributed by atoms with Crippen LogP contribution in [0.15, 0.2) is 24.3 Å². The summed E-state index contributed by atoms with van der Waals surface area (Å²) < 4.78 is 5.19. The van der Waals surface area contributed by atoms with E-state index in [9.17, 15) is 14.7 Å². The van der Waals surface area contributed by atoms with E-state index in [2.05, 4.69) is 0 Å². The van der Waals surface area contributed by atoms with Crippen LogP contribution in [0, 0.1) is 0 Å². The molecular weight excluding hydrogens is 262 g/mol. The topological polar surface area (TPSA) is 87.1 Å². The molecule has 1 aromatic rings. The first-order chi connectivity index (χ1) is 9.56. The number of benzene rings is 1. The van der Waals surface area contributed by atoms with E-state index in [0.717, 1.165) is 5.56 Å². The summed E-state index contributed by atoms with van der Waals surface area (Å²) in [6, 6.07) is 6.39. The minimum absolute atomic E-state index is 0.00733. The lowest BCUT2D eigenvalue weighted by atomic mass is 10.1. The van der Waals surface area contributed by atoms with Gasteiger partial charge in [-0.25, -0.2) is 0 Å². The van der Waals surface area contributed by atoms with Crippen LogP contribution < -0.4 is 0 Å². The number of phenolic OH excluding ortho intramolecular Hbond substituents is 1. The maximum Gasteiger partial charge on any atom is 0.303 e. The number of phenols is 1. The number of carboxylic acids is 1. The zero-order chi connectivity index (χ0) is 14.5. The van der Waals surface area contributed by atoms with Crippen molar-refractivity contribution in [2.24, 2.45) is 0 Å². The number of hydrogen-bond donors (Lipinski definition) is 2. The lowest BCUT2D eigenvalue weighted by Gasteiger charge is -2.35. The smallest absolute Gasteiger partial charge is 0.303 e. The van der Waals surface area contributed by atoms with Crippen molar-refractivity contribution in [3.8, 4) is 5.75 Å². The number of carbonyl (C=O) groups is 2. The van der Waals surface area contributed by atoms with Gasteiger partial charge in [-0.05, 0) is 24.1 Å². The molecule has 6 nitrogen and oxygen atoms in total. The van der Waals surface area contributed by atoms with Gasteiger partial charge in [0.15, 0.2) is 0 Å². The van der Waals surface area contributed by atoms with Crippen molar-refractivity contribution >= 4 is 11.9 Å². The molecule has 0 aliphatic carbocycles. The SMILES string of the molecule is O=C(O)CCC1COCC(=O)N1Cc1ccc(O)cc1. The Labute approximate surface area is 116 Å². The molecule has 20 heavy (non-hydrogen) atoms. The van der Waals surface area contributed by atoms with Crippen LogP contribution in [0.25, 0.3) is 0 Å². The summed E-state index contributed by atoms with van der Waals surface area (Å²) in [5.74, 6) is -0.850. The quantitative estimate of drug-likeness (QED) is 0.839. The average Bonchev–Trinajstić information content (AvgIpc) is 2.41. The summed E-state index contributed by atoms with van der Waals surface area (Å²) in [7, 11) is 0. The normalized spacial score (nSPS) is 19.1. The molecule has 0 spiro atoms. The van der Waals surface area contributed by atoms with Gasteiger partial charge in [0.1, 0.15) is 12.4 Å². The number of ether oxygens (including phenoxy) is 1. The molecule has 1 unspecified atom stereocenters.